The minimum Gasteiger partial charge on any atom is -0.378 e. The van der Waals surface area contributed by atoms with Crippen molar-refractivity contribution in [3.8, 4) is 22.5 Å². The predicted molar refractivity (Wildman–Crippen MR) is 183 cm³/mol. The minimum atomic E-state index is -0.577. The lowest BCUT2D eigenvalue weighted by Gasteiger charge is -2.31. The van der Waals surface area contributed by atoms with Crippen molar-refractivity contribution in [3.63, 3.8) is 0 Å². The molecule has 3 aromatic rings. The fourth-order valence-electron chi connectivity index (χ4n) is 5.36. The molecule has 0 spiro atoms. The first kappa shape index (κ1) is 35.9. The second-order valence-corrected chi connectivity index (χ2v) is 13.0. The maximum atomic E-state index is 13.9. The lowest BCUT2D eigenvalue weighted by atomic mass is 9.85. The largest absolute Gasteiger partial charge is 0.378 e. The smallest absolute Gasteiger partial charge is 0.227 e. The van der Waals surface area contributed by atoms with Gasteiger partial charge in [0.25, 0.3) is 0 Å². The summed E-state index contributed by atoms with van der Waals surface area (Å²) in [5.74, 6) is -0.248. The van der Waals surface area contributed by atoms with Crippen molar-refractivity contribution in [1.82, 2.24) is 25.6 Å². The molecule has 0 saturated carbocycles. The predicted octanol–water partition coefficient (Wildman–Crippen LogP) is 4.78. The van der Waals surface area contributed by atoms with Gasteiger partial charge in [-0.3, -0.25) is 14.4 Å². The first-order chi connectivity index (χ1) is 22.5. The molecule has 4 rings (SSSR count). The van der Waals surface area contributed by atoms with Crippen LogP contribution in [0.25, 0.3) is 22.5 Å². The number of carbonyl (C=O) groups is 3. The summed E-state index contributed by atoms with van der Waals surface area (Å²) >= 11 is 0. The molecule has 1 unspecified atom stereocenters. The van der Waals surface area contributed by atoms with E-state index in [1.807, 2.05) is 88.0 Å². The summed E-state index contributed by atoms with van der Waals surface area (Å²) in [5, 5.41) is 15.1. The number of benzene rings is 2. The van der Waals surface area contributed by atoms with E-state index in [9.17, 15) is 14.4 Å². The average molecular weight is 647 g/mol. The highest BCUT2D eigenvalue weighted by Gasteiger charge is 2.30. The van der Waals surface area contributed by atoms with Gasteiger partial charge in [0.2, 0.25) is 11.8 Å². The van der Waals surface area contributed by atoms with Crippen molar-refractivity contribution < 1.29 is 23.9 Å². The molecule has 0 aliphatic carbocycles. The molecule has 0 bridgehead atoms. The van der Waals surface area contributed by atoms with E-state index in [0.29, 0.717) is 58.0 Å². The summed E-state index contributed by atoms with van der Waals surface area (Å²) < 4.78 is 13.8. The fourth-order valence-corrected chi connectivity index (χ4v) is 5.36. The van der Waals surface area contributed by atoms with Crippen molar-refractivity contribution in [1.29, 1.82) is 0 Å². The van der Waals surface area contributed by atoms with E-state index in [1.165, 1.54) is 0 Å². The van der Waals surface area contributed by atoms with Crippen LogP contribution in [0.5, 0.6) is 0 Å². The summed E-state index contributed by atoms with van der Waals surface area (Å²) in [6, 6.07) is 15.7. The Morgan fingerprint density at radius 1 is 0.957 bits per heavy atom. The number of anilines is 1. The molecular formula is C36H50N6O5. The molecule has 0 fully saturated rings. The number of ether oxygens (including phenoxy) is 2. The summed E-state index contributed by atoms with van der Waals surface area (Å²) in [7, 11) is 1.89. The van der Waals surface area contributed by atoms with Crippen LogP contribution < -0.4 is 15.5 Å². The van der Waals surface area contributed by atoms with Crippen LogP contribution >= 0.6 is 0 Å². The van der Waals surface area contributed by atoms with Crippen LogP contribution in [0.15, 0.2) is 48.5 Å². The second-order valence-electron chi connectivity index (χ2n) is 13.0. The standard InChI is InChI=1S/C36H50N6O5/c1-7-36(5,47-21-18-35(3,4)26(2)43)25-38-31(44)16-17-32(45)41-24-27-12-8-9-13-28(27)34-33(29-14-10-11-15-30(29)41)39-40-42(34)20-23-46-22-19-37-6/h8-15,37H,7,16-25H2,1-6H3,(H,38,44). The van der Waals surface area contributed by atoms with Gasteiger partial charge < -0.3 is 25.0 Å². The number of hydrogen-bond acceptors (Lipinski definition) is 8. The number of nitrogens with zero attached hydrogens (tertiary/aromatic N) is 4. The third-order valence-electron chi connectivity index (χ3n) is 9.13. The van der Waals surface area contributed by atoms with Gasteiger partial charge in [-0.2, -0.15) is 0 Å². The zero-order valence-corrected chi connectivity index (χ0v) is 28.7. The van der Waals surface area contributed by atoms with Crippen LogP contribution in [-0.2, 0) is 36.9 Å². The van der Waals surface area contributed by atoms with Gasteiger partial charge in [-0.15, -0.1) is 5.10 Å². The quantitative estimate of drug-likeness (QED) is 0.201. The van der Waals surface area contributed by atoms with E-state index < -0.39 is 11.0 Å². The van der Waals surface area contributed by atoms with Crippen molar-refractivity contribution in [3.05, 3.63) is 54.1 Å². The van der Waals surface area contributed by atoms with Crippen molar-refractivity contribution in [2.24, 2.45) is 5.41 Å². The number of fused-ring (bicyclic) bond motifs is 5. The average Bonchev–Trinajstić information content (AvgIpc) is 3.47. The number of ketones is 1. The van der Waals surface area contributed by atoms with Gasteiger partial charge in [-0.25, -0.2) is 4.68 Å². The number of carbonyl (C=O) groups excluding carboxylic acids is 3. The van der Waals surface area contributed by atoms with Gasteiger partial charge >= 0.3 is 0 Å². The maximum absolute atomic E-state index is 13.9. The molecule has 1 aromatic heterocycles. The Kier molecular flexibility index (Phi) is 12.4. The lowest BCUT2D eigenvalue weighted by Crippen LogP contribution is -2.43. The van der Waals surface area contributed by atoms with Crippen LogP contribution in [0.1, 0.15) is 65.9 Å². The molecule has 1 aliphatic rings. The molecule has 2 amide bonds. The molecule has 2 N–H and O–H groups in total. The number of aromatic nitrogens is 3. The summed E-state index contributed by atoms with van der Waals surface area (Å²) in [5.41, 5.74) is 4.01. The molecule has 254 valence electrons. The number of likely N-dealkylation sites (N-methyl/N-ethyl adjacent to an activating group) is 1. The number of Topliss-reactive ketones (excluding diaryl/α,β-unsaturated/α-hetero) is 1. The van der Waals surface area contributed by atoms with Gasteiger partial charge in [0.05, 0.1) is 43.3 Å². The molecule has 2 heterocycles. The van der Waals surface area contributed by atoms with Gasteiger partial charge in [-0.05, 0) is 45.4 Å². The van der Waals surface area contributed by atoms with Crippen molar-refractivity contribution >= 4 is 23.3 Å². The van der Waals surface area contributed by atoms with E-state index in [1.54, 1.807) is 11.8 Å². The van der Waals surface area contributed by atoms with E-state index in [-0.39, 0.29) is 30.4 Å². The monoisotopic (exact) mass is 646 g/mol. The van der Waals surface area contributed by atoms with Crippen molar-refractivity contribution in [2.45, 2.75) is 79.0 Å². The molecule has 1 aliphatic heterocycles. The molecule has 11 heteroatoms. The van der Waals surface area contributed by atoms with E-state index >= 15 is 0 Å². The fraction of sp³-hybridized carbons (Fsp3) is 0.528. The Balaban J connectivity index is 1.46. The van der Waals surface area contributed by atoms with Crippen LogP contribution in [0.3, 0.4) is 0 Å². The van der Waals surface area contributed by atoms with Crippen LogP contribution in [0, 0.1) is 5.41 Å². The first-order valence-electron chi connectivity index (χ1n) is 16.5. The normalized spacial score (nSPS) is 13.9. The lowest BCUT2D eigenvalue weighted by molar-refractivity contribution is -0.128. The molecule has 11 nitrogen and oxygen atoms in total. The van der Waals surface area contributed by atoms with Gasteiger partial charge in [0.1, 0.15) is 11.5 Å². The number of nitrogens with one attached hydrogen (secondary N) is 2. The minimum absolute atomic E-state index is 0.0440. The molecule has 0 radical (unpaired) electrons. The first-order valence-corrected chi connectivity index (χ1v) is 16.5. The summed E-state index contributed by atoms with van der Waals surface area (Å²) in [6.45, 7) is 12.9. The Hall–Kier alpha value is -3.93. The SMILES string of the molecule is CCC(C)(CNC(=O)CCC(=O)N1Cc2ccccc2-c2c(nnn2CCOCCNC)-c2ccccc21)OCCC(C)(C)C(C)=O. The molecule has 1 atom stereocenters. The highest BCUT2D eigenvalue weighted by atomic mass is 16.5. The topological polar surface area (TPSA) is 128 Å². The van der Waals surface area contributed by atoms with E-state index in [2.05, 4.69) is 20.9 Å². The number of para-hydroxylation sites is 1. The second kappa shape index (κ2) is 16.3. The summed E-state index contributed by atoms with van der Waals surface area (Å²) in [4.78, 5) is 40.5. The van der Waals surface area contributed by atoms with Crippen LogP contribution in [-0.4, -0.2) is 78.2 Å². The highest BCUT2D eigenvalue weighted by molar-refractivity contribution is 6.01. The van der Waals surface area contributed by atoms with Crippen LogP contribution in [0.4, 0.5) is 5.69 Å². The Labute approximate surface area is 278 Å². The Morgan fingerprint density at radius 2 is 1.68 bits per heavy atom. The molecule has 2 aromatic carbocycles. The zero-order valence-electron chi connectivity index (χ0n) is 28.7. The summed E-state index contributed by atoms with van der Waals surface area (Å²) in [6.07, 6.45) is 1.38. The van der Waals surface area contributed by atoms with Gasteiger partial charge in [-0.1, -0.05) is 68.4 Å². The third kappa shape index (κ3) is 9.12. The Bertz CT molecular complexity index is 1540. The Morgan fingerprint density at radius 3 is 2.40 bits per heavy atom. The number of rotatable bonds is 17. The highest BCUT2D eigenvalue weighted by Crippen LogP contribution is 2.41. The molecule has 0 saturated heterocycles. The molecular weight excluding hydrogens is 596 g/mol. The van der Waals surface area contributed by atoms with E-state index in [4.69, 9.17) is 9.47 Å². The van der Waals surface area contributed by atoms with Gasteiger partial charge in [0, 0.05) is 49.1 Å². The zero-order chi connectivity index (χ0) is 34.0. The third-order valence-corrected chi connectivity index (χ3v) is 9.13. The van der Waals surface area contributed by atoms with Crippen molar-refractivity contribution in [2.75, 3.05) is 44.9 Å². The van der Waals surface area contributed by atoms with E-state index in [0.717, 1.165) is 34.6 Å². The maximum Gasteiger partial charge on any atom is 0.227 e. The van der Waals surface area contributed by atoms with Gasteiger partial charge in [0.15, 0.2) is 0 Å². The van der Waals surface area contributed by atoms with Crippen LogP contribution in [0.2, 0.25) is 0 Å². The number of hydrogen-bond donors (Lipinski definition) is 2. The number of amides is 2. The molecule has 47 heavy (non-hydrogen) atoms.